The summed E-state index contributed by atoms with van der Waals surface area (Å²) in [5.74, 6) is 0.281. The lowest BCUT2D eigenvalue weighted by Crippen LogP contribution is -2.56. The second kappa shape index (κ2) is 8.95. The highest BCUT2D eigenvalue weighted by Crippen LogP contribution is 2.45. The molecule has 8 nitrogen and oxygen atoms in total. The van der Waals surface area contributed by atoms with Crippen LogP contribution in [-0.4, -0.2) is 62.5 Å². The van der Waals surface area contributed by atoms with Crippen molar-refractivity contribution in [2.45, 2.75) is 49.5 Å². The molecule has 0 radical (unpaired) electrons. The van der Waals surface area contributed by atoms with Crippen LogP contribution < -0.4 is 5.32 Å². The van der Waals surface area contributed by atoms with Crippen LogP contribution in [0.25, 0.3) is 0 Å². The molecule has 2 aliphatic heterocycles. The van der Waals surface area contributed by atoms with Gasteiger partial charge in [0.1, 0.15) is 17.7 Å². The summed E-state index contributed by atoms with van der Waals surface area (Å²) in [6, 6.07) is 11.0. The van der Waals surface area contributed by atoms with Gasteiger partial charge >= 0.3 is 0 Å². The third kappa shape index (κ3) is 4.64. The van der Waals surface area contributed by atoms with Crippen molar-refractivity contribution in [3.05, 3.63) is 71.1 Å². The number of halogens is 2. The van der Waals surface area contributed by atoms with Crippen molar-refractivity contribution >= 4 is 11.6 Å². The van der Waals surface area contributed by atoms with E-state index < -0.39 is 17.3 Å². The molecule has 10 heteroatoms. The van der Waals surface area contributed by atoms with E-state index in [0.717, 1.165) is 29.7 Å². The monoisotopic (exact) mass is 508 g/mol. The molecule has 194 valence electrons. The van der Waals surface area contributed by atoms with E-state index in [2.05, 4.69) is 20.5 Å². The summed E-state index contributed by atoms with van der Waals surface area (Å²) in [5, 5.41) is 10.7. The smallest absolute Gasteiger partial charge is 0.274 e. The molecule has 0 bridgehead atoms. The molecule has 1 amide bonds. The van der Waals surface area contributed by atoms with Crippen LogP contribution in [0, 0.1) is 0 Å². The van der Waals surface area contributed by atoms with Gasteiger partial charge in [-0.15, -0.1) is 10.2 Å². The highest BCUT2D eigenvalue weighted by Gasteiger charge is 2.50. The Morgan fingerprint density at radius 1 is 1.24 bits per heavy atom. The molecule has 2 aromatic heterocycles. The predicted octanol–water partition coefficient (Wildman–Crippen LogP) is 3.86. The maximum Gasteiger partial charge on any atom is 0.274 e. The molecule has 3 aliphatic rings. The van der Waals surface area contributed by atoms with Gasteiger partial charge in [0, 0.05) is 44.0 Å². The molecule has 1 aliphatic carbocycles. The second-order valence-electron chi connectivity index (χ2n) is 11.0. The van der Waals surface area contributed by atoms with Crippen molar-refractivity contribution in [3.63, 3.8) is 0 Å². The molecule has 3 aromatic rings. The number of hydrogen-bond donors (Lipinski definition) is 1. The van der Waals surface area contributed by atoms with E-state index in [1.807, 2.05) is 17.0 Å². The molecular formula is C27H30F2N6O2. The van der Waals surface area contributed by atoms with Gasteiger partial charge in [-0.2, -0.15) is 0 Å². The Bertz CT molecular complexity index is 1330. The molecular weight excluding hydrogens is 478 g/mol. The quantitative estimate of drug-likeness (QED) is 0.498. The minimum atomic E-state index is -1.41. The summed E-state index contributed by atoms with van der Waals surface area (Å²) < 4.78 is 36.7. The van der Waals surface area contributed by atoms with E-state index in [0.29, 0.717) is 36.9 Å². The summed E-state index contributed by atoms with van der Waals surface area (Å²) in [4.78, 5) is 19.9. The number of nitrogens with zero attached hydrogens (tertiary/aromatic N) is 5. The van der Waals surface area contributed by atoms with Crippen LogP contribution in [0.4, 0.5) is 14.5 Å². The van der Waals surface area contributed by atoms with Crippen LogP contribution in [-0.2, 0) is 23.7 Å². The van der Waals surface area contributed by atoms with Crippen LogP contribution in [0.2, 0.25) is 0 Å². The van der Waals surface area contributed by atoms with E-state index in [9.17, 15) is 9.18 Å². The number of pyridine rings is 1. The summed E-state index contributed by atoms with van der Waals surface area (Å²) in [6.45, 7) is 3.38. The van der Waals surface area contributed by atoms with E-state index in [1.54, 1.807) is 42.8 Å². The van der Waals surface area contributed by atoms with Gasteiger partial charge in [0.25, 0.3) is 5.91 Å². The van der Waals surface area contributed by atoms with Gasteiger partial charge in [-0.25, -0.2) is 13.8 Å². The fourth-order valence-electron chi connectivity index (χ4n) is 5.31. The average molecular weight is 509 g/mol. The van der Waals surface area contributed by atoms with Crippen molar-refractivity contribution in [2.24, 2.45) is 7.05 Å². The van der Waals surface area contributed by atoms with E-state index in [-0.39, 0.29) is 24.9 Å². The van der Waals surface area contributed by atoms with E-state index in [1.165, 1.54) is 6.33 Å². The van der Waals surface area contributed by atoms with Crippen LogP contribution in [0.15, 0.2) is 42.7 Å². The number of aryl methyl sites for hydroxylation is 1. The summed E-state index contributed by atoms with van der Waals surface area (Å²) in [6.07, 6.45) is 2.19. The van der Waals surface area contributed by atoms with Gasteiger partial charge in [0.15, 0.2) is 12.0 Å². The van der Waals surface area contributed by atoms with Crippen molar-refractivity contribution in [2.75, 3.05) is 31.6 Å². The maximum atomic E-state index is 15.7. The third-order valence-electron chi connectivity index (χ3n) is 7.52. The van der Waals surface area contributed by atoms with Crippen LogP contribution in [0.5, 0.6) is 0 Å². The van der Waals surface area contributed by atoms with Crippen molar-refractivity contribution in [1.82, 2.24) is 24.6 Å². The number of rotatable bonds is 8. The Morgan fingerprint density at radius 3 is 2.65 bits per heavy atom. The SMILES string of the molecule is Cn1cnnc1[C@H](F)C1(c2cccc(NC(=O)c3cc(CN4CC(C)(F)C4)cc(C4CC4)n3)c2)COC1. The van der Waals surface area contributed by atoms with E-state index >= 15 is 4.39 Å². The first kappa shape index (κ1) is 24.1. The molecule has 6 rings (SSSR count). The van der Waals surface area contributed by atoms with Crippen molar-refractivity contribution < 1.29 is 18.3 Å². The number of alkyl halides is 2. The summed E-state index contributed by atoms with van der Waals surface area (Å²) >= 11 is 0. The van der Waals surface area contributed by atoms with Crippen LogP contribution >= 0.6 is 0 Å². The molecule has 3 fully saturated rings. The maximum absolute atomic E-state index is 15.7. The lowest BCUT2D eigenvalue weighted by molar-refractivity contribution is -0.102. The molecule has 0 spiro atoms. The number of anilines is 1. The Kier molecular flexibility index (Phi) is 5.83. The number of ether oxygens (including phenoxy) is 1. The number of aromatic nitrogens is 4. The highest BCUT2D eigenvalue weighted by molar-refractivity contribution is 6.03. The Balaban J connectivity index is 1.22. The number of benzene rings is 1. The normalized spacial score (nSPS) is 21.1. The summed E-state index contributed by atoms with van der Waals surface area (Å²) in [7, 11) is 1.71. The average Bonchev–Trinajstić information content (AvgIpc) is 3.58. The third-order valence-corrected chi connectivity index (χ3v) is 7.52. The van der Waals surface area contributed by atoms with Gasteiger partial charge in [-0.3, -0.25) is 9.69 Å². The lowest BCUT2D eigenvalue weighted by Gasteiger charge is -2.43. The molecule has 1 atom stereocenters. The van der Waals surface area contributed by atoms with Gasteiger partial charge in [-0.05, 0) is 55.2 Å². The zero-order chi connectivity index (χ0) is 25.8. The number of carbonyl (C=O) groups is 1. The fraction of sp³-hybridized carbons (Fsp3) is 0.481. The number of hydrogen-bond acceptors (Lipinski definition) is 6. The molecule has 0 unspecified atom stereocenters. The first-order valence-electron chi connectivity index (χ1n) is 12.6. The molecule has 1 N–H and O–H groups in total. The van der Waals surface area contributed by atoms with Gasteiger partial charge < -0.3 is 14.6 Å². The number of likely N-dealkylation sites (tertiary alicyclic amines) is 1. The fourth-order valence-corrected chi connectivity index (χ4v) is 5.31. The number of amides is 1. The predicted molar refractivity (Wildman–Crippen MR) is 133 cm³/mol. The zero-order valence-electron chi connectivity index (χ0n) is 21.0. The first-order valence-corrected chi connectivity index (χ1v) is 12.6. The standard InChI is InChI=1S/C27H30F2N6O2/c1-26(29)12-35(13-26)11-17-8-21(18-6-7-18)32-22(9-17)25(36)31-20-5-3-4-19(10-20)27(14-37-15-27)23(28)24-33-30-16-34(24)2/h3-5,8-10,16,18,23H,6-7,11-15H2,1-2H3,(H,31,36)/t23-/m0/s1. The van der Waals surface area contributed by atoms with Gasteiger partial charge in [-0.1, -0.05) is 12.1 Å². The summed E-state index contributed by atoms with van der Waals surface area (Å²) in [5.41, 5.74) is 1.43. The molecule has 4 heterocycles. The molecule has 37 heavy (non-hydrogen) atoms. The lowest BCUT2D eigenvalue weighted by atomic mass is 9.74. The Hall–Kier alpha value is -3.24. The minimum absolute atomic E-state index is 0.210. The number of carbonyl (C=O) groups excluding carboxylic acids is 1. The van der Waals surface area contributed by atoms with Crippen molar-refractivity contribution in [3.8, 4) is 0 Å². The molecule has 2 saturated heterocycles. The molecule has 1 saturated carbocycles. The number of nitrogens with one attached hydrogen (secondary N) is 1. The van der Waals surface area contributed by atoms with Gasteiger partial charge in [0.2, 0.25) is 0 Å². The van der Waals surface area contributed by atoms with Crippen molar-refractivity contribution in [1.29, 1.82) is 0 Å². The molecule has 1 aromatic carbocycles. The minimum Gasteiger partial charge on any atom is -0.379 e. The second-order valence-corrected chi connectivity index (χ2v) is 11.0. The van der Waals surface area contributed by atoms with Crippen LogP contribution in [0.3, 0.4) is 0 Å². The first-order chi connectivity index (χ1) is 17.7. The van der Waals surface area contributed by atoms with Crippen LogP contribution in [0.1, 0.15) is 65.0 Å². The highest BCUT2D eigenvalue weighted by atomic mass is 19.1. The topological polar surface area (TPSA) is 85.2 Å². The largest absolute Gasteiger partial charge is 0.379 e. The van der Waals surface area contributed by atoms with Gasteiger partial charge in [0.05, 0.1) is 18.6 Å². The Labute approximate surface area is 214 Å². The zero-order valence-corrected chi connectivity index (χ0v) is 21.0. The van der Waals surface area contributed by atoms with E-state index in [4.69, 9.17) is 4.74 Å². The Morgan fingerprint density at radius 2 is 2.03 bits per heavy atom.